The Bertz CT molecular complexity index is 752. The van der Waals surface area contributed by atoms with Crippen LogP contribution < -0.4 is 0 Å². The van der Waals surface area contributed by atoms with Crippen molar-refractivity contribution in [2.24, 2.45) is 5.92 Å². The topological polar surface area (TPSA) is 23.6 Å². The number of amides is 1. The largest absolute Gasteiger partial charge is 0.343 e. The van der Waals surface area contributed by atoms with Crippen LogP contribution in [0.5, 0.6) is 0 Å². The maximum Gasteiger partial charge on any atom is 0.226 e. The molecule has 0 aliphatic carbocycles. The minimum atomic E-state index is 0.142. The van der Waals surface area contributed by atoms with Crippen molar-refractivity contribution < 1.29 is 4.79 Å². The lowest BCUT2D eigenvalue weighted by Crippen LogP contribution is -2.44. The van der Waals surface area contributed by atoms with Gasteiger partial charge in [-0.2, -0.15) is 0 Å². The standard InChI is InChI=1S/C24H32N2O/c1-4-26(5-2)24(27)21-12-9-15-25(17-21)18-22-16-19(3)13-14-23(22)20-10-7-6-8-11-20/h6-8,10-11,13-14,16,21H,4-5,9,12,15,17-18H2,1-3H3. The van der Waals surface area contributed by atoms with Crippen molar-refractivity contribution in [3.05, 3.63) is 59.7 Å². The molecule has 0 spiro atoms. The van der Waals surface area contributed by atoms with E-state index in [2.05, 4.69) is 74.2 Å². The number of piperidine rings is 1. The highest BCUT2D eigenvalue weighted by Gasteiger charge is 2.28. The third kappa shape index (κ3) is 4.78. The molecule has 1 aliphatic heterocycles. The molecule has 0 aromatic heterocycles. The first kappa shape index (κ1) is 19.6. The van der Waals surface area contributed by atoms with Crippen LogP contribution in [0.4, 0.5) is 0 Å². The first-order valence-corrected chi connectivity index (χ1v) is 10.3. The molecule has 1 atom stereocenters. The zero-order valence-electron chi connectivity index (χ0n) is 16.9. The number of nitrogens with zero attached hydrogens (tertiary/aromatic N) is 2. The SMILES string of the molecule is CCN(CC)C(=O)C1CCCN(Cc2cc(C)ccc2-c2ccccc2)C1. The summed E-state index contributed by atoms with van der Waals surface area (Å²) in [5, 5.41) is 0. The average molecular weight is 365 g/mol. The monoisotopic (exact) mass is 364 g/mol. The first-order valence-electron chi connectivity index (χ1n) is 10.3. The van der Waals surface area contributed by atoms with Crippen LogP contribution >= 0.6 is 0 Å². The number of aryl methyl sites for hydroxylation is 1. The number of carbonyl (C=O) groups excluding carboxylic acids is 1. The normalized spacial score (nSPS) is 17.7. The van der Waals surface area contributed by atoms with Crippen LogP contribution in [0.2, 0.25) is 0 Å². The molecule has 3 rings (SSSR count). The molecule has 1 fully saturated rings. The van der Waals surface area contributed by atoms with E-state index in [1.165, 1.54) is 22.3 Å². The molecule has 3 heteroatoms. The van der Waals surface area contributed by atoms with Crippen LogP contribution in [-0.2, 0) is 11.3 Å². The second-order valence-electron chi connectivity index (χ2n) is 7.61. The molecule has 0 saturated carbocycles. The Labute approximate surface area is 164 Å². The number of likely N-dealkylation sites (tertiary alicyclic amines) is 1. The highest BCUT2D eigenvalue weighted by molar-refractivity contribution is 5.79. The van der Waals surface area contributed by atoms with Crippen LogP contribution in [0, 0.1) is 12.8 Å². The minimum Gasteiger partial charge on any atom is -0.343 e. The van der Waals surface area contributed by atoms with Gasteiger partial charge in [0.1, 0.15) is 0 Å². The van der Waals surface area contributed by atoms with Gasteiger partial charge >= 0.3 is 0 Å². The lowest BCUT2D eigenvalue weighted by molar-refractivity contribution is -0.137. The van der Waals surface area contributed by atoms with Gasteiger partial charge < -0.3 is 4.90 Å². The maximum atomic E-state index is 12.8. The van der Waals surface area contributed by atoms with Gasteiger partial charge in [-0.05, 0) is 56.8 Å². The Kier molecular flexibility index (Phi) is 6.68. The van der Waals surface area contributed by atoms with Gasteiger partial charge in [0.2, 0.25) is 5.91 Å². The molecule has 0 radical (unpaired) electrons. The van der Waals surface area contributed by atoms with Gasteiger partial charge in [-0.15, -0.1) is 0 Å². The predicted molar refractivity (Wildman–Crippen MR) is 113 cm³/mol. The Morgan fingerprint density at radius 1 is 1.11 bits per heavy atom. The smallest absolute Gasteiger partial charge is 0.226 e. The Balaban J connectivity index is 1.77. The zero-order chi connectivity index (χ0) is 19.2. The average Bonchev–Trinajstić information content (AvgIpc) is 2.70. The van der Waals surface area contributed by atoms with Crippen molar-refractivity contribution in [3.63, 3.8) is 0 Å². The molecule has 2 aromatic carbocycles. The van der Waals surface area contributed by atoms with Crippen LogP contribution in [0.1, 0.15) is 37.8 Å². The van der Waals surface area contributed by atoms with E-state index in [9.17, 15) is 4.79 Å². The second-order valence-corrected chi connectivity index (χ2v) is 7.61. The zero-order valence-corrected chi connectivity index (χ0v) is 16.9. The van der Waals surface area contributed by atoms with Crippen molar-refractivity contribution in [1.82, 2.24) is 9.80 Å². The number of carbonyl (C=O) groups is 1. The van der Waals surface area contributed by atoms with Crippen LogP contribution in [0.15, 0.2) is 48.5 Å². The first-order chi connectivity index (χ1) is 13.1. The van der Waals surface area contributed by atoms with Crippen molar-refractivity contribution in [2.45, 2.75) is 40.2 Å². The number of rotatable bonds is 6. The summed E-state index contributed by atoms with van der Waals surface area (Å²) in [6.07, 6.45) is 2.12. The van der Waals surface area contributed by atoms with Gasteiger partial charge in [0.05, 0.1) is 5.92 Å². The molecule has 1 aliphatic rings. The molecule has 1 saturated heterocycles. The van der Waals surface area contributed by atoms with E-state index in [0.717, 1.165) is 45.6 Å². The molecule has 1 amide bonds. The maximum absolute atomic E-state index is 12.8. The fourth-order valence-electron chi connectivity index (χ4n) is 4.19. The summed E-state index contributed by atoms with van der Waals surface area (Å²) in [4.78, 5) is 17.3. The summed E-state index contributed by atoms with van der Waals surface area (Å²) in [6, 6.07) is 17.3. The van der Waals surface area contributed by atoms with Gasteiger partial charge in [0, 0.05) is 26.2 Å². The molecule has 2 aromatic rings. The highest BCUT2D eigenvalue weighted by Crippen LogP contribution is 2.28. The van der Waals surface area contributed by atoms with Crippen LogP contribution in [0.3, 0.4) is 0 Å². The molecule has 1 unspecified atom stereocenters. The highest BCUT2D eigenvalue weighted by atomic mass is 16.2. The van der Waals surface area contributed by atoms with Gasteiger partial charge in [0.25, 0.3) is 0 Å². The fourth-order valence-corrected chi connectivity index (χ4v) is 4.19. The van der Waals surface area contributed by atoms with Crippen LogP contribution in [0.25, 0.3) is 11.1 Å². The Morgan fingerprint density at radius 3 is 2.56 bits per heavy atom. The third-order valence-electron chi connectivity index (χ3n) is 5.67. The lowest BCUT2D eigenvalue weighted by Gasteiger charge is -2.35. The lowest BCUT2D eigenvalue weighted by atomic mass is 9.94. The van der Waals surface area contributed by atoms with E-state index in [1.54, 1.807) is 0 Å². The Hall–Kier alpha value is -2.13. The number of benzene rings is 2. The quantitative estimate of drug-likeness (QED) is 0.739. The molecule has 0 N–H and O–H groups in total. The van der Waals surface area contributed by atoms with E-state index >= 15 is 0 Å². The van der Waals surface area contributed by atoms with Crippen molar-refractivity contribution >= 4 is 5.91 Å². The van der Waals surface area contributed by atoms with E-state index in [-0.39, 0.29) is 5.92 Å². The van der Waals surface area contributed by atoms with Gasteiger partial charge in [0.15, 0.2) is 0 Å². The van der Waals surface area contributed by atoms with Crippen molar-refractivity contribution in [1.29, 1.82) is 0 Å². The molecular weight excluding hydrogens is 332 g/mol. The molecule has 3 nitrogen and oxygen atoms in total. The summed E-state index contributed by atoms with van der Waals surface area (Å²) in [5.41, 5.74) is 5.22. The Morgan fingerprint density at radius 2 is 1.85 bits per heavy atom. The molecular formula is C24H32N2O. The predicted octanol–water partition coefficient (Wildman–Crippen LogP) is 4.74. The van der Waals surface area contributed by atoms with E-state index in [4.69, 9.17) is 0 Å². The van der Waals surface area contributed by atoms with Gasteiger partial charge in [-0.1, -0.05) is 54.1 Å². The molecule has 144 valence electrons. The summed E-state index contributed by atoms with van der Waals surface area (Å²) in [7, 11) is 0. The molecule has 0 bridgehead atoms. The fraction of sp³-hybridized carbons (Fsp3) is 0.458. The molecule has 1 heterocycles. The summed E-state index contributed by atoms with van der Waals surface area (Å²) in [6.45, 7) is 10.8. The number of hydrogen-bond acceptors (Lipinski definition) is 2. The summed E-state index contributed by atoms with van der Waals surface area (Å²) < 4.78 is 0. The summed E-state index contributed by atoms with van der Waals surface area (Å²) >= 11 is 0. The summed E-state index contributed by atoms with van der Waals surface area (Å²) in [5.74, 6) is 0.473. The van der Waals surface area contributed by atoms with E-state index < -0.39 is 0 Å². The van der Waals surface area contributed by atoms with Crippen molar-refractivity contribution in [2.75, 3.05) is 26.2 Å². The van der Waals surface area contributed by atoms with Gasteiger partial charge in [-0.25, -0.2) is 0 Å². The van der Waals surface area contributed by atoms with E-state index in [1.807, 2.05) is 4.90 Å². The van der Waals surface area contributed by atoms with Crippen molar-refractivity contribution in [3.8, 4) is 11.1 Å². The minimum absolute atomic E-state index is 0.142. The second kappa shape index (κ2) is 9.18. The van der Waals surface area contributed by atoms with E-state index in [0.29, 0.717) is 5.91 Å². The number of hydrogen-bond donors (Lipinski definition) is 0. The van der Waals surface area contributed by atoms with Crippen LogP contribution in [-0.4, -0.2) is 41.9 Å². The molecule has 27 heavy (non-hydrogen) atoms. The van der Waals surface area contributed by atoms with Gasteiger partial charge in [-0.3, -0.25) is 9.69 Å². The third-order valence-corrected chi connectivity index (χ3v) is 5.67.